The number of hydrogen-bond acceptors (Lipinski definition) is 8. The number of ether oxygens (including phenoxy) is 3. The highest BCUT2D eigenvalue weighted by atomic mass is 79.9. The number of carbonyl (C=O) groups excluding carboxylic acids is 1. The molecule has 0 fully saturated rings. The lowest BCUT2D eigenvalue weighted by Gasteiger charge is -2.29. The van der Waals surface area contributed by atoms with Gasteiger partial charge in [-0.2, -0.15) is 4.39 Å². The smallest absolute Gasteiger partial charge is 0.305 e. The van der Waals surface area contributed by atoms with E-state index in [-0.39, 0.29) is 34.3 Å². The molecule has 0 spiro atoms. The minimum absolute atomic E-state index is 0. The first-order valence-electron chi connectivity index (χ1n) is 15.1. The molecule has 10 nitrogen and oxygen atoms in total. The van der Waals surface area contributed by atoms with Gasteiger partial charge in [0.15, 0.2) is 23.0 Å². The number of halogens is 3. The van der Waals surface area contributed by atoms with Crippen molar-refractivity contribution in [3.63, 3.8) is 0 Å². The van der Waals surface area contributed by atoms with Crippen LogP contribution in [0.4, 0.5) is 20.3 Å². The van der Waals surface area contributed by atoms with Gasteiger partial charge in [0.2, 0.25) is 5.82 Å². The number of aromatic nitrogens is 3. The van der Waals surface area contributed by atoms with Gasteiger partial charge in [-0.05, 0) is 41.8 Å². The van der Waals surface area contributed by atoms with Crippen LogP contribution in [0.3, 0.4) is 0 Å². The third kappa shape index (κ3) is 9.44. The summed E-state index contributed by atoms with van der Waals surface area (Å²) in [5, 5.41) is 6.80. The monoisotopic (exact) mass is 704 g/mol. The normalized spacial score (nSPS) is 11.4. The van der Waals surface area contributed by atoms with Crippen LogP contribution in [-0.4, -0.2) is 86.0 Å². The van der Waals surface area contributed by atoms with Crippen molar-refractivity contribution in [1.29, 1.82) is 0 Å². The van der Waals surface area contributed by atoms with Crippen LogP contribution in [0.25, 0.3) is 16.9 Å². The number of rotatable bonds is 17. The fourth-order valence-corrected chi connectivity index (χ4v) is 5.08. The Kier molecular flexibility index (Phi) is 13.9. The van der Waals surface area contributed by atoms with E-state index in [2.05, 4.69) is 53.8 Å². The second-order valence-electron chi connectivity index (χ2n) is 11.4. The number of nitrogens with one attached hydrogen (secondary N) is 2. The molecule has 0 aliphatic rings. The number of carbonyl (C=O) groups is 1. The largest absolute Gasteiger partial charge is 1.00 e. The highest BCUT2D eigenvalue weighted by Gasteiger charge is 2.19. The molecule has 13 heteroatoms. The second-order valence-corrected chi connectivity index (χ2v) is 11.4. The molecule has 0 unspecified atom stereocenters. The average Bonchev–Trinajstić information content (AvgIpc) is 3.47. The molecule has 0 radical (unpaired) electrons. The summed E-state index contributed by atoms with van der Waals surface area (Å²) in [6, 6.07) is 9.01. The summed E-state index contributed by atoms with van der Waals surface area (Å²) in [6.45, 7) is 6.57. The quantitative estimate of drug-likeness (QED) is 0.0981. The summed E-state index contributed by atoms with van der Waals surface area (Å²) in [4.78, 5) is 20.2. The van der Waals surface area contributed by atoms with Crippen molar-refractivity contribution in [2.75, 3.05) is 66.5 Å². The van der Waals surface area contributed by atoms with E-state index in [4.69, 9.17) is 14.2 Å². The van der Waals surface area contributed by atoms with Gasteiger partial charge < -0.3 is 46.3 Å². The molecule has 0 aliphatic heterocycles. The van der Waals surface area contributed by atoms with Crippen molar-refractivity contribution < 1.29 is 49.3 Å². The average molecular weight is 706 g/mol. The lowest BCUT2D eigenvalue weighted by molar-refractivity contribution is -0.890. The Balaban J connectivity index is 0.00000576. The molecule has 0 amide bonds. The first-order valence-corrected chi connectivity index (χ1v) is 15.1. The molecular formula is C33H43BrF2N6O4. The second kappa shape index (κ2) is 17.3. The molecular weight excluding hydrogens is 662 g/mol. The Hall–Kier alpha value is -3.65. The molecule has 4 aromatic rings. The van der Waals surface area contributed by atoms with Crippen molar-refractivity contribution in [3.8, 4) is 17.0 Å². The maximum absolute atomic E-state index is 14.8. The van der Waals surface area contributed by atoms with E-state index in [1.165, 1.54) is 43.7 Å². The van der Waals surface area contributed by atoms with Crippen molar-refractivity contribution >= 4 is 23.1 Å². The number of likely N-dealkylation sites (N-methyl/N-ethyl adjacent to an activating group) is 1. The summed E-state index contributed by atoms with van der Waals surface area (Å²) < 4.78 is 47.1. The molecule has 2 N–H and O–H groups in total. The number of quaternary nitrogens is 1. The van der Waals surface area contributed by atoms with Crippen molar-refractivity contribution in [3.05, 3.63) is 71.7 Å². The number of fused-ring (bicyclic) bond motifs is 1. The number of methoxy groups -OCH3 is 2. The van der Waals surface area contributed by atoms with E-state index in [0.29, 0.717) is 43.3 Å². The number of aryl methyl sites for hydroxylation is 1. The van der Waals surface area contributed by atoms with Crippen LogP contribution in [0.2, 0.25) is 0 Å². The van der Waals surface area contributed by atoms with Crippen LogP contribution >= 0.6 is 0 Å². The van der Waals surface area contributed by atoms with Gasteiger partial charge >= 0.3 is 5.97 Å². The first-order chi connectivity index (χ1) is 21.7. The maximum Gasteiger partial charge on any atom is 0.305 e. The third-order valence-electron chi connectivity index (χ3n) is 7.77. The number of benzene rings is 2. The van der Waals surface area contributed by atoms with Gasteiger partial charge in [0.05, 0.1) is 66.4 Å². The van der Waals surface area contributed by atoms with Crippen LogP contribution < -0.4 is 32.4 Å². The van der Waals surface area contributed by atoms with Gasteiger partial charge in [-0.25, -0.2) is 14.4 Å². The molecule has 250 valence electrons. The number of hydrogen-bond donors (Lipinski definition) is 2. The zero-order valence-corrected chi connectivity index (χ0v) is 28.6. The fraction of sp³-hybridized carbons (Fsp3) is 0.424. The lowest BCUT2D eigenvalue weighted by atomic mass is 10.0. The Morgan fingerprint density at radius 2 is 1.83 bits per heavy atom. The summed E-state index contributed by atoms with van der Waals surface area (Å²) in [6.07, 6.45) is 6.82. The highest BCUT2D eigenvalue weighted by molar-refractivity contribution is 5.75. The molecule has 0 saturated heterocycles. The number of esters is 1. The zero-order chi connectivity index (χ0) is 32.4. The minimum atomic E-state index is -1.05. The molecule has 0 saturated carbocycles. The molecule has 4 rings (SSSR count). The predicted molar refractivity (Wildman–Crippen MR) is 170 cm³/mol. The highest BCUT2D eigenvalue weighted by Crippen LogP contribution is 2.31. The van der Waals surface area contributed by atoms with Gasteiger partial charge in [0.1, 0.15) is 6.54 Å². The minimum Gasteiger partial charge on any atom is -1.00 e. The Morgan fingerprint density at radius 1 is 1.02 bits per heavy atom. The Labute approximate surface area is 279 Å². The summed E-state index contributed by atoms with van der Waals surface area (Å²) in [7, 11) is 6.98. The predicted octanol–water partition coefficient (Wildman–Crippen LogP) is 2.13. The Morgan fingerprint density at radius 3 is 2.57 bits per heavy atom. The number of anilines is 2. The van der Waals surface area contributed by atoms with E-state index in [9.17, 15) is 13.6 Å². The van der Waals surface area contributed by atoms with Crippen LogP contribution in [0.1, 0.15) is 30.9 Å². The molecule has 2 aromatic heterocycles. The number of nitrogens with zero attached hydrogens (tertiary/aromatic N) is 4. The van der Waals surface area contributed by atoms with Crippen molar-refractivity contribution in [2.24, 2.45) is 0 Å². The number of imidazole rings is 1. The van der Waals surface area contributed by atoms with Crippen LogP contribution in [0, 0.1) is 11.6 Å². The van der Waals surface area contributed by atoms with Gasteiger partial charge in [-0.3, -0.25) is 9.20 Å². The van der Waals surface area contributed by atoms with Crippen LogP contribution in [0.15, 0.2) is 48.9 Å². The molecule has 0 bridgehead atoms. The molecule has 46 heavy (non-hydrogen) atoms. The van der Waals surface area contributed by atoms with Gasteiger partial charge in [-0.1, -0.05) is 13.0 Å². The fourth-order valence-electron chi connectivity index (χ4n) is 5.08. The molecule has 2 aromatic carbocycles. The van der Waals surface area contributed by atoms with Crippen LogP contribution in [-0.2, 0) is 27.2 Å². The van der Waals surface area contributed by atoms with E-state index < -0.39 is 11.6 Å². The molecule has 2 heterocycles. The van der Waals surface area contributed by atoms with Gasteiger partial charge in [-0.15, -0.1) is 0 Å². The first kappa shape index (κ1) is 36.8. The van der Waals surface area contributed by atoms with E-state index >= 15 is 0 Å². The maximum atomic E-state index is 14.8. The summed E-state index contributed by atoms with van der Waals surface area (Å²) in [5.41, 5.74) is 4.17. The third-order valence-corrected chi connectivity index (χ3v) is 7.77. The standard InChI is InChI=1S/C33H43F2N6O4.BrH/c1-6-23-20-25(10-9-24(23)21-36-14-18-45-19-17-41(2,3)16-7-8-29(42)44-5)39-32-33-38-22-27(40(33)15-13-37-32)26-11-12-28(43-4)31(35)30(26)34;/h9-13,15,20,22,36H,6-8,14,16-19,21H2,1-5H3,(H,37,39);1H/q+1;/p-1. The topological polar surface area (TPSA) is 99.0 Å². The van der Waals surface area contributed by atoms with Crippen LogP contribution in [0.5, 0.6) is 5.75 Å². The zero-order valence-electron chi connectivity index (χ0n) is 27.0. The molecule has 0 aliphatic carbocycles. The van der Waals surface area contributed by atoms with E-state index in [0.717, 1.165) is 42.6 Å². The Bertz CT molecular complexity index is 1600. The van der Waals surface area contributed by atoms with E-state index in [1.54, 1.807) is 16.8 Å². The van der Waals surface area contributed by atoms with Gasteiger partial charge in [0, 0.05) is 43.2 Å². The molecule has 0 atom stereocenters. The van der Waals surface area contributed by atoms with E-state index in [1.807, 2.05) is 6.07 Å². The summed E-state index contributed by atoms with van der Waals surface area (Å²) >= 11 is 0. The van der Waals surface area contributed by atoms with Crippen molar-refractivity contribution in [2.45, 2.75) is 32.7 Å². The SMILES string of the molecule is CCc1cc(Nc2nccn3c(-c4ccc(OC)c(F)c4F)cnc23)ccc1CNCCOCC[N+](C)(C)CCCC(=O)OC.[Br-]. The summed E-state index contributed by atoms with van der Waals surface area (Å²) in [5.74, 6) is -1.88. The van der Waals surface area contributed by atoms with Gasteiger partial charge in [0.25, 0.3) is 0 Å². The lowest BCUT2D eigenvalue weighted by Crippen LogP contribution is -3.00. The van der Waals surface area contributed by atoms with Crippen molar-refractivity contribution in [1.82, 2.24) is 19.7 Å².